The van der Waals surface area contributed by atoms with Gasteiger partial charge in [-0.2, -0.15) is 0 Å². The highest BCUT2D eigenvalue weighted by Crippen LogP contribution is 2.34. The van der Waals surface area contributed by atoms with E-state index >= 15 is 0 Å². The van der Waals surface area contributed by atoms with E-state index in [4.69, 9.17) is 14.2 Å². The van der Waals surface area contributed by atoms with Crippen molar-refractivity contribution in [3.63, 3.8) is 0 Å². The van der Waals surface area contributed by atoms with E-state index in [-0.39, 0.29) is 19.2 Å². The smallest absolute Gasteiger partial charge is 0.411 e. The number of nitrogens with zero attached hydrogens (tertiary/aromatic N) is 1. The van der Waals surface area contributed by atoms with Crippen molar-refractivity contribution < 1.29 is 23.8 Å². The van der Waals surface area contributed by atoms with Crippen LogP contribution in [0.4, 0.5) is 4.79 Å². The molecule has 0 N–H and O–H groups in total. The molecule has 166 valence electrons. The van der Waals surface area contributed by atoms with Crippen molar-refractivity contribution in [3.05, 3.63) is 65.7 Å². The van der Waals surface area contributed by atoms with Crippen molar-refractivity contribution in [1.29, 1.82) is 0 Å². The second-order valence-electron chi connectivity index (χ2n) is 7.78. The molecule has 6 heteroatoms. The first-order valence-electron chi connectivity index (χ1n) is 10.9. The summed E-state index contributed by atoms with van der Waals surface area (Å²) in [4.78, 5) is 28.1. The molecule has 0 aromatic heterocycles. The predicted molar refractivity (Wildman–Crippen MR) is 118 cm³/mol. The van der Waals surface area contributed by atoms with Gasteiger partial charge in [-0.15, -0.1) is 0 Å². The van der Waals surface area contributed by atoms with Gasteiger partial charge in [0, 0.05) is 13.0 Å². The minimum Gasteiger partial charge on any atom is -0.497 e. The van der Waals surface area contributed by atoms with Crippen LogP contribution < -0.4 is 4.74 Å². The molecule has 0 aliphatic carbocycles. The number of hydrogen-bond donors (Lipinski definition) is 0. The lowest BCUT2D eigenvalue weighted by molar-refractivity contribution is -0.157. The number of carbonyl (C=O) groups excluding carboxylic acids is 2. The van der Waals surface area contributed by atoms with Gasteiger partial charge in [0.2, 0.25) is 0 Å². The van der Waals surface area contributed by atoms with Crippen LogP contribution in [-0.4, -0.2) is 42.8 Å². The van der Waals surface area contributed by atoms with E-state index in [1.54, 1.807) is 18.9 Å². The van der Waals surface area contributed by atoms with Crippen LogP contribution in [0.15, 0.2) is 54.6 Å². The average Bonchev–Trinajstić information content (AvgIpc) is 3.02. The summed E-state index contributed by atoms with van der Waals surface area (Å²) >= 11 is 0. The molecular formula is C25H31NO5. The largest absolute Gasteiger partial charge is 0.497 e. The molecule has 3 rings (SSSR count). The molecule has 0 saturated carbocycles. The highest BCUT2D eigenvalue weighted by Gasteiger charge is 2.49. The minimum atomic E-state index is -1.09. The molecule has 6 nitrogen and oxygen atoms in total. The van der Waals surface area contributed by atoms with Crippen LogP contribution >= 0.6 is 0 Å². The maximum absolute atomic E-state index is 13.3. The zero-order valence-electron chi connectivity index (χ0n) is 18.3. The molecule has 1 amide bonds. The zero-order chi connectivity index (χ0) is 22.1. The standard InChI is InChI=1S/C25H31NO5/c1-3-30-23(27)25(18-20-12-14-22(29-2)15-13-20)16-8-5-9-17-26(25)24(28)31-19-21-10-6-4-7-11-21/h4,6-7,10-15H,3,5,8-9,16-19H2,1-2H3/t25-/m0/s1. The summed E-state index contributed by atoms with van der Waals surface area (Å²) < 4.78 is 16.4. The monoisotopic (exact) mass is 425 g/mol. The SMILES string of the molecule is CCOC(=O)[C@@]1(Cc2ccc(OC)cc2)CCCCCN1C(=O)OCc1ccccc1. The lowest BCUT2D eigenvalue weighted by Crippen LogP contribution is -2.59. The Bertz CT molecular complexity index is 852. The molecule has 1 atom stereocenters. The summed E-state index contributed by atoms with van der Waals surface area (Å²) in [7, 11) is 1.62. The van der Waals surface area contributed by atoms with Crippen molar-refractivity contribution in [2.75, 3.05) is 20.3 Å². The van der Waals surface area contributed by atoms with E-state index < -0.39 is 11.6 Å². The summed E-state index contributed by atoms with van der Waals surface area (Å²) in [6.45, 7) is 2.67. The number of ether oxygens (including phenoxy) is 3. The third-order valence-electron chi connectivity index (χ3n) is 5.73. The molecule has 0 unspecified atom stereocenters. The Labute approximate surface area is 184 Å². The second kappa shape index (κ2) is 10.8. The van der Waals surface area contributed by atoms with E-state index in [9.17, 15) is 9.59 Å². The van der Waals surface area contributed by atoms with E-state index in [2.05, 4.69) is 0 Å². The zero-order valence-corrected chi connectivity index (χ0v) is 18.3. The Morgan fingerprint density at radius 2 is 1.68 bits per heavy atom. The first-order valence-corrected chi connectivity index (χ1v) is 10.9. The number of methoxy groups -OCH3 is 1. The van der Waals surface area contributed by atoms with Gasteiger partial charge in [0.1, 0.15) is 17.9 Å². The molecule has 31 heavy (non-hydrogen) atoms. The van der Waals surface area contributed by atoms with Gasteiger partial charge >= 0.3 is 12.1 Å². The molecule has 2 aromatic carbocycles. The molecule has 1 aliphatic rings. The van der Waals surface area contributed by atoms with E-state index in [1.807, 2.05) is 54.6 Å². The topological polar surface area (TPSA) is 65.1 Å². The summed E-state index contributed by atoms with van der Waals surface area (Å²) in [6, 6.07) is 17.1. The van der Waals surface area contributed by atoms with Crippen LogP contribution in [0, 0.1) is 0 Å². The predicted octanol–water partition coefficient (Wildman–Crippen LogP) is 4.75. The number of amides is 1. The van der Waals surface area contributed by atoms with Gasteiger partial charge in [0.05, 0.1) is 13.7 Å². The minimum absolute atomic E-state index is 0.164. The van der Waals surface area contributed by atoms with E-state index in [1.165, 1.54) is 0 Å². The third-order valence-corrected chi connectivity index (χ3v) is 5.73. The second-order valence-corrected chi connectivity index (χ2v) is 7.78. The Morgan fingerprint density at radius 3 is 2.35 bits per heavy atom. The van der Waals surface area contributed by atoms with Gasteiger partial charge in [0.25, 0.3) is 0 Å². The number of likely N-dealkylation sites (tertiary alicyclic amines) is 1. The molecule has 0 radical (unpaired) electrons. The molecule has 1 aliphatic heterocycles. The molecule has 1 heterocycles. The molecule has 2 aromatic rings. The van der Waals surface area contributed by atoms with Crippen molar-refractivity contribution in [1.82, 2.24) is 4.90 Å². The Kier molecular flexibility index (Phi) is 7.93. The molecule has 0 bridgehead atoms. The molecular weight excluding hydrogens is 394 g/mol. The number of esters is 1. The molecule has 0 spiro atoms. The highest BCUT2D eigenvalue weighted by molar-refractivity contribution is 5.86. The number of rotatable bonds is 7. The lowest BCUT2D eigenvalue weighted by Gasteiger charge is -2.40. The van der Waals surface area contributed by atoms with Gasteiger partial charge in [0.15, 0.2) is 0 Å². The normalized spacial score (nSPS) is 18.7. The summed E-state index contributed by atoms with van der Waals surface area (Å²) in [5.74, 6) is 0.373. The van der Waals surface area contributed by atoms with E-state index in [0.29, 0.717) is 19.4 Å². The summed E-state index contributed by atoms with van der Waals surface area (Å²) in [5, 5.41) is 0. The van der Waals surface area contributed by atoms with Crippen LogP contribution in [0.3, 0.4) is 0 Å². The van der Waals surface area contributed by atoms with Gasteiger partial charge in [-0.3, -0.25) is 4.90 Å². The number of carbonyl (C=O) groups is 2. The van der Waals surface area contributed by atoms with Crippen LogP contribution in [0.25, 0.3) is 0 Å². The van der Waals surface area contributed by atoms with Crippen LogP contribution in [0.1, 0.15) is 43.7 Å². The fraction of sp³-hybridized carbons (Fsp3) is 0.440. The summed E-state index contributed by atoms with van der Waals surface area (Å²) in [5.41, 5.74) is 0.758. The quantitative estimate of drug-likeness (QED) is 0.599. The van der Waals surface area contributed by atoms with E-state index in [0.717, 1.165) is 36.1 Å². The molecule has 1 fully saturated rings. The van der Waals surface area contributed by atoms with Crippen molar-refractivity contribution in [2.45, 2.75) is 51.2 Å². The van der Waals surface area contributed by atoms with Crippen molar-refractivity contribution >= 4 is 12.1 Å². The Balaban J connectivity index is 1.88. The maximum atomic E-state index is 13.3. The van der Waals surface area contributed by atoms with Crippen molar-refractivity contribution in [3.8, 4) is 5.75 Å². The van der Waals surface area contributed by atoms with Crippen molar-refractivity contribution in [2.24, 2.45) is 0 Å². The average molecular weight is 426 g/mol. The first-order chi connectivity index (χ1) is 15.1. The third kappa shape index (κ3) is 5.57. The summed E-state index contributed by atoms with van der Waals surface area (Å²) in [6.07, 6.45) is 3.05. The fourth-order valence-corrected chi connectivity index (χ4v) is 4.09. The first kappa shape index (κ1) is 22.7. The number of hydrogen-bond acceptors (Lipinski definition) is 5. The Hall–Kier alpha value is -3.02. The van der Waals surface area contributed by atoms with Crippen LogP contribution in [0.5, 0.6) is 5.75 Å². The lowest BCUT2D eigenvalue weighted by atomic mass is 9.85. The maximum Gasteiger partial charge on any atom is 0.411 e. The highest BCUT2D eigenvalue weighted by atomic mass is 16.6. The molecule has 1 saturated heterocycles. The van der Waals surface area contributed by atoms with Gasteiger partial charge in [-0.05, 0) is 43.0 Å². The number of benzene rings is 2. The fourth-order valence-electron chi connectivity index (χ4n) is 4.09. The van der Waals surface area contributed by atoms with Crippen LogP contribution in [0.2, 0.25) is 0 Å². The van der Waals surface area contributed by atoms with Crippen LogP contribution in [-0.2, 0) is 27.3 Å². The van der Waals surface area contributed by atoms with Gasteiger partial charge in [-0.1, -0.05) is 55.3 Å². The Morgan fingerprint density at radius 1 is 0.935 bits per heavy atom. The van der Waals surface area contributed by atoms with Gasteiger partial charge in [-0.25, -0.2) is 9.59 Å². The van der Waals surface area contributed by atoms with Gasteiger partial charge < -0.3 is 14.2 Å².